The maximum Gasteiger partial charge on any atom is 0.269 e. The van der Waals surface area contributed by atoms with Crippen LogP contribution in [0, 0.1) is 6.92 Å². The van der Waals surface area contributed by atoms with E-state index in [0.717, 1.165) is 60.7 Å². The van der Waals surface area contributed by atoms with Gasteiger partial charge in [-0.15, -0.1) is 0 Å². The maximum atomic E-state index is 14.0. The average Bonchev–Trinajstić information content (AvgIpc) is 3.45. The maximum absolute atomic E-state index is 14.0. The Morgan fingerprint density at radius 1 is 0.891 bits per heavy atom. The lowest BCUT2D eigenvalue weighted by molar-refractivity contribution is 0.0827. The van der Waals surface area contributed by atoms with Crippen molar-refractivity contribution in [3.63, 3.8) is 0 Å². The Balaban J connectivity index is 1.48. The molecule has 6 rings (SSSR count). The highest BCUT2D eigenvalue weighted by atomic mass is 32.2. The van der Waals surface area contributed by atoms with E-state index in [2.05, 4.69) is 47.3 Å². The van der Waals surface area contributed by atoms with Gasteiger partial charge in [0.2, 0.25) is 0 Å². The number of anilines is 2. The Kier molecular flexibility index (Phi) is 8.59. The van der Waals surface area contributed by atoms with Gasteiger partial charge in [0.05, 0.1) is 16.3 Å². The number of carbonyl (C=O) groups is 1. The Morgan fingerprint density at radius 2 is 1.57 bits per heavy atom. The molecule has 0 radical (unpaired) electrons. The Labute approximate surface area is 271 Å². The summed E-state index contributed by atoms with van der Waals surface area (Å²) in [5.41, 5.74) is 7.47. The first-order chi connectivity index (χ1) is 22.1. The number of fused-ring (bicyclic) bond motifs is 1. The van der Waals surface area contributed by atoms with Crippen molar-refractivity contribution in [2.75, 3.05) is 64.1 Å². The number of piperazine rings is 1. The molecule has 2 aromatic heterocycles. The number of hydrogen-bond donors (Lipinski definition) is 1. The van der Waals surface area contributed by atoms with Crippen molar-refractivity contribution >= 4 is 38.3 Å². The number of carbonyl (C=O) groups excluding carboxylic acids is 1. The number of amides is 1. The van der Waals surface area contributed by atoms with E-state index >= 15 is 0 Å². The van der Waals surface area contributed by atoms with Crippen LogP contribution in [0.5, 0.6) is 0 Å². The second kappa shape index (κ2) is 12.6. The van der Waals surface area contributed by atoms with Gasteiger partial charge in [-0.25, -0.2) is 17.4 Å². The Morgan fingerprint density at radius 3 is 2.22 bits per heavy atom. The normalized spacial score (nSPS) is 14.1. The molecule has 0 atom stereocenters. The molecule has 10 heteroatoms. The molecule has 1 aliphatic heterocycles. The summed E-state index contributed by atoms with van der Waals surface area (Å²) in [5.74, 6) is -0.101. The SMILES string of the molecule is CCNc1cc(-c2cnc3c(c2)c(-c2ccc(C(=O)N(C)C)cc2)cn3S(=O)(=O)c2ccc(C)cc2)ccc1N1CCN(C)CC1. The van der Waals surface area contributed by atoms with Gasteiger partial charge < -0.3 is 20.0 Å². The fourth-order valence-corrected chi connectivity index (χ4v) is 7.22. The molecular weight excluding hydrogens is 597 g/mol. The third-order valence-electron chi connectivity index (χ3n) is 8.58. The van der Waals surface area contributed by atoms with Crippen molar-refractivity contribution in [3.8, 4) is 22.3 Å². The highest BCUT2D eigenvalue weighted by Gasteiger charge is 2.24. The molecule has 5 aromatic rings. The topological polar surface area (TPSA) is 90.8 Å². The molecule has 3 heterocycles. The molecule has 46 heavy (non-hydrogen) atoms. The van der Waals surface area contributed by atoms with Crippen molar-refractivity contribution in [1.29, 1.82) is 0 Å². The van der Waals surface area contributed by atoms with E-state index in [1.165, 1.54) is 14.6 Å². The zero-order chi connectivity index (χ0) is 32.6. The predicted molar refractivity (Wildman–Crippen MR) is 186 cm³/mol. The number of pyridine rings is 1. The number of aryl methyl sites for hydroxylation is 1. The van der Waals surface area contributed by atoms with Crippen molar-refractivity contribution in [1.82, 2.24) is 18.8 Å². The summed E-state index contributed by atoms with van der Waals surface area (Å²) in [6.45, 7) is 8.77. The number of hydrogen-bond acceptors (Lipinski definition) is 7. The van der Waals surface area contributed by atoms with E-state index in [-0.39, 0.29) is 10.8 Å². The van der Waals surface area contributed by atoms with Crippen molar-refractivity contribution in [3.05, 3.63) is 96.3 Å². The third kappa shape index (κ3) is 5.98. The van der Waals surface area contributed by atoms with Gasteiger partial charge >= 0.3 is 0 Å². The molecule has 0 bridgehead atoms. The van der Waals surface area contributed by atoms with Crippen LogP contribution in [0.3, 0.4) is 0 Å². The van der Waals surface area contributed by atoms with Crippen LogP contribution in [0.25, 0.3) is 33.3 Å². The van der Waals surface area contributed by atoms with Gasteiger partial charge in [-0.05, 0) is 74.5 Å². The minimum atomic E-state index is -3.94. The molecule has 0 spiro atoms. The van der Waals surface area contributed by atoms with Crippen LogP contribution in [0.15, 0.2) is 90.1 Å². The molecule has 9 nitrogen and oxygen atoms in total. The molecular formula is C36H40N6O3S. The van der Waals surface area contributed by atoms with E-state index < -0.39 is 10.0 Å². The molecule has 1 amide bonds. The van der Waals surface area contributed by atoms with Crippen LogP contribution in [-0.4, -0.2) is 86.9 Å². The smallest absolute Gasteiger partial charge is 0.269 e. The van der Waals surface area contributed by atoms with E-state index in [1.54, 1.807) is 62.9 Å². The average molecular weight is 637 g/mol. The first-order valence-electron chi connectivity index (χ1n) is 15.5. The fraction of sp³-hybridized carbons (Fsp3) is 0.278. The van der Waals surface area contributed by atoms with Gasteiger partial charge in [-0.1, -0.05) is 35.9 Å². The van der Waals surface area contributed by atoms with Gasteiger partial charge in [-0.2, -0.15) is 0 Å². The predicted octanol–water partition coefficient (Wildman–Crippen LogP) is 5.80. The minimum absolute atomic E-state index is 0.101. The van der Waals surface area contributed by atoms with Crippen LogP contribution in [0.1, 0.15) is 22.8 Å². The molecule has 1 fully saturated rings. The molecule has 1 N–H and O–H groups in total. The fourth-order valence-electron chi connectivity index (χ4n) is 5.90. The molecule has 0 saturated carbocycles. The number of rotatable bonds is 8. The van der Waals surface area contributed by atoms with E-state index in [4.69, 9.17) is 4.98 Å². The van der Waals surface area contributed by atoms with Crippen molar-refractivity contribution in [2.45, 2.75) is 18.7 Å². The summed E-state index contributed by atoms with van der Waals surface area (Å²) in [7, 11) is 1.64. The lowest BCUT2D eigenvalue weighted by Crippen LogP contribution is -2.44. The summed E-state index contributed by atoms with van der Waals surface area (Å²) in [6.07, 6.45) is 3.38. The molecule has 0 unspecified atom stereocenters. The second-order valence-corrected chi connectivity index (χ2v) is 13.9. The molecule has 0 aliphatic carbocycles. The molecule has 1 aliphatic rings. The standard InChI is InChI=1S/C36H40N6O3S/c1-6-37-33-22-28(13-16-34(33)41-19-17-40(5)18-20-41)29-21-31-32(26-9-11-27(12-10-26)36(43)39(3)4)24-42(35(31)38-23-29)46(44,45)30-14-7-25(2)8-15-30/h7-16,21-24,37H,6,17-20H2,1-5H3. The van der Waals surface area contributed by atoms with Crippen LogP contribution >= 0.6 is 0 Å². The summed E-state index contributed by atoms with van der Waals surface area (Å²) in [5, 5.41) is 4.25. The van der Waals surface area contributed by atoms with Crippen molar-refractivity contribution < 1.29 is 13.2 Å². The zero-order valence-electron chi connectivity index (χ0n) is 27.0. The van der Waals surface area contributed by atoms with Crippen LogP contribution in [0.2, 0.25) is 0 Å². The quantitative estimate of drug-likeness (QED) is 0.230. The van der Waals surface area contributed by atoms with E-state index in [0.29, 0.717) is 22.2 Å². The molecule has 1 saturated heterocycles. The lowest BCUT2D eigenvalue weighted by atomic mass is 10.0. The second-order valence-electron chi connectivity index (χ2n) is 12.1. The van der Waals surface area contributed by atoms with E-state index in [9.17, 15) is 13.2 Å². The van der Waals surface area contributed by atoms with Crippen LogP contribution in [0.4, 0.5) is 11.4 Å². The number of nitrogens with one attached hydrogen (secondary N) is 1. The Hall–Kier alpha value is -4.67. The van der Waals surface area contributed by atoms with Gasteiger partial charge in [0.15, 0.2) is 5.65 Å². The van der Waals surface area contributed by atoms with Crippen molar-refractivity contribution in [2.24, 2.45) is 0 Å². The van der Waals surface area contributed by atoms with Gasteiger partial charge in [0.1, 0.15) is 0 Å². The van der Waals surface area contributed by atoms with Crippen LogP contribution < -0.4 is 10.2 Å². The van der Waals surface area contributed by atoms with Crippen LogP contribution in [-0.2, 0) is 10.0 Å². The first-order valence-corrected chi connectivity index (χ1v) is 17.0. The highest BCUT2D eigenvalue weighted by Crippen LogP contribution is 2.37. The monoisotopic (exact) mass is 636 g/mol. The minimum Gasteiger partial charge on any atom is -0.384 e. The number of likely N-dealkylation sites (N-methyl/N-ethyl adjacent to an activating group) is 1. The highest BCUT2D eigenvalue weighted by molar-refractivity contribution is 7.90. The molecule has 238 valence electrons. The summed E-state index contributed by atoms with van der Waals surface area (Å²) in [4.78, 5) is 23.8. The largest absolute Gasteiger partial charge is 0.384 e. The number of aromatic nitrogens is 2. The zero-order valence-corrected chi connectivity index (χ0v) is 27.8. The summed E-state index contributed by atoms with van der Waals surface area (Å²) < 4.78 is 29.2. The first kappa shape index (κ1) is 31.3. The number of benzene rings is 3. The molecule has 3 aromatic carbocycles. The van der Waals surface area contributed by atoms with Gasteiger partial charge in [0.25, 0.3) is 15.9 Å². The number of nitrogens with zero attached hydrogens (tertiary/aromatic N) is 5. The Bertz CT molecular complexity index is 1990. The third-order valence-corrected chi connectivity index (χ3v) is 10.2. The summed E-state index contributed by atoms with van der Waals surface area (Å²) >= 11 is 0. The van der Waals surface area contributed by atoms with Gasteiger partial charge in [0, 0.05) is 81.3 Å². The van der Waals surface area contributed by atoms with Gasteiger partial charge in [-0.3, -0.25) is 4.79 Å². The summed E-state index contributed by atoms with van der Waals surface area (Å²) in [6, 6.07) is 22.5. The van der Waals surface area contributed by atoms with E-state index in [1.807, 2.05) is 25.1 Å². The lowest BCUT2D eigenvalue weighted by Gasteiger charge is -2.35.